The molecule has 1 atom stereocenters. The third-order valence-corrected chi connectivity index (χ3v) is 4.76. The number of aryl methyl sites for hydroxylation is 3. The van der Waals surface area contributed by atoms with E-state index in [0.29, 0.717) is 12.1 Å². The molecule has 1 aliphatic heterocycles. The second-order valence-electron chi connectivity index (χ2n) is 6.23. The van der Waals surface area contributed by atoms with Gasteiger partial charge in [-0.3, -0.25) is 14.3 Å². The van der Waals surface area contributed by atoms with E-state index < -0.39 is 0 Å². The van der Waals surface area contributed by atoms with Crippen molar-refractivity contribution in [1.29, 1.82) is 0 Å². The van der Waals surface area contributed by atoms with Crippen molar-refractivity contribution in [2.45, 2.75) is 32.7 Å². The third-order valence-electron chi connectivity index (χ3n) is 4.76. The molecule has 1 unspecified atom stereocenters. The van der Waals surface area contributed by atoms with Gasteiger partial charge in [-0.05, 0) is 32.8 Å². The first-order valence-corrected chi connectivity index (χ1v) is 7.88. The van der Waals surface area contributed by atoms with Crippen molar-refractivity contribution in [3.8, 4) is 0 Å². The highest BCUT2D eigenvalue weighted by Crippen LogP contribution is 2.36. The highest BCUT2D eigenvalue weighted by atomic mass is 16.2. The molecule has 3 heterocycles. The van der Waals surface area contributed by atoms with Crippen molar-refractivity contribution in [1.82, 2.24) is 19.2 Å². The van der Waals surface area contributed by atoms with Gasteiger partial charge in [0.1, 0.15) is 0 Å². The smallest absolute Gasteiger partial charge is 0.254 e. The summed E-state index contributed by atoms with van der Waals surface area (Å²) in [6, 6.07) is 3.17. The van der Waals surface area contributed by atoms with Crippen molar-refractivity contribution in [3.63, 3.8) is 0 Å². The van der Waals surface area contributed by atoms with E-state index in [0.717, 1.165) is 29.8 Å². The lowest BCUT2D eigenvalue weighted by Crippen LogP contribution is -2.32. The number of hydrogen-bond acceptors (Lipinski definition) is 3. The minimum absolute atomic E-state index is 0.0419. The molecule has 0 aliphatic carbocycles. The number of pyridine rings is 1. The van der Waals surface area contributed by atoms with Crippen LogP contribution in [0.4, 0.5) is 0 Å². The number of nitrogens with zero attached hydrogens (tertiary/aromatic N) is 4. The Morgan fingerprint density at radius 1 is 1.30 bits per heavy atom. The molecule has 0 spiro atoms. The molecule has 0 radical (unpaired) electrons. The normalized spacial score (nSPS) is 17.7. The van der Waals surface area contributed by atoms with Crippen molar-refractivity contribution in [2.75, 3.05) is 6.54 Å². The third kappa shape index (κ3) is 2.58. The van der Waals surface area contributed by atoms with Gasteiger partial charge in [-0.1, -0.05) is 0 Å². The molecule has 1 saturated heterocycles. The van der Waals surface area contributed by atoms with Gasteiger partial charge in [0, 0.05) is 49.7 Å². The standard InChI is InChI=1S/C17H22N4O2/c1-11-16(12(2)20(4)18-11)14-6-5-8-21(14)17(23)13-7-9-19(3)15(22)10-13/h7,9-10,14H,5-6,8H2,1-4H3. The molecule has 6 heteroatoms. The lowest BCUT2D eigenvalue weighted by Gasteiger charge is -2.25. The van der Waals surface area contributed by atoms with E-state index in [1.54, 1.807) is 19.3 Å². The van der Waals surface area contributed by atoms with E-state index in [9.17, 15) is 9.59 Å². The Bertz CT molecular complexity index is 818. The summed E-state index contributed by atoms with van der Waals surface area (Å²) < 4.78 is 3.33. The first kappa shape index (κ1) is 15.5. The average Bonchev–Trinajstić information content (AvgIpc) is 3.06. The van der Waals surface area contributed by atoms with Gasteiger partial charge in [0.25, 0.3) is 11.5 Å². The number of likely N-dealkylation sites (tertiary alicyclic amines) is 1. The van der Waals surface area contributed by atoms with Gasteiger partial charge >= 0.3 is 0 Å². The lowest BCUT2D eigenvalue weighted by atomic mass is 10.0. The molecule has 23 heavy (non-hydrogen) atoms. The van der Waals surface area contributed by atoms with Gasteiger partial charge in [-0.25, -0.2) is 0 Å². The zero-order valence-corrected chi connectivity index (χ0v) is 14.0. The zero-order valence-electron chi connectivity index (χ0n) is 14.0. The first-order chi connectivity index (χ1) is 10.9. The van der Waals surface area contributed by atoms with Crippen molar-refractivity contribution in [3.05, 3.63) is 51.2 Å². The molecule has 3 rings (SSSR count). The Labute approximate surface area is 135 Å². The van der Waals surface area contributed by atoms with Gasteiger partial charge in [0.05, 0.1) is 11.7 Å². The van der Waals surface area contributed by atoms with Gasteiger partial charge in [-0.2, -0.15) is 5.10 Å². The van der Waals surface area contributed by atoms with Crippen molar-refractivity contribution >= 4 is 5.91 Å². The molecule has 0 bridgehead atoms. The maximum absolute atomic E-state index is 12.9. The van der Waals surface area contributed by atoms with E-state index in [2.05, 4.69) is 5.10 Å². The van der Waals surface area contributed by atoms with E-state index in [1.165, 1.54) is 10.6 Å². The van der Waals surface area contributed by atoms with E-state index in [1.807, 2.05) is 30.5 Å². The summed E-state index contributed by atoms with van der Waals surface area (Å²) in [7, 11) is 3.60. The number of carbonyl (C=O) groups is 1. The van der Waals surface area contributed by atoms with Crippen LogP contribution in [0.3, 0.4) is 0 Å². The quantitative estimate of drug-likeness (QED) is 0.848. The summed E-state index contributed by atoms with van der Waals surface area (Å²) in [5.41, 5.74) is 3.50. The van der Waals surface area contributed by atoms with E-state index >= 15 is 0 Å². The minimum Gasteiger partial charge on any atom is -0.331 e. The highest BCUT2D eigenvalue weighted by molar-refractivity contribution is 5.94. The Morgan fingerprint density at radius 3 is 2.65 bits per heavy atom. The van der Waals surface area contributed by atoms with E-state index in [-0.39, 0.29) is 17.5 Å². The molecule has 0 saturated carbocycles. The number of amides is 1. The summed E-state index contributed by atoms with van der Waals surface area (Å²) >= 11 is 0. The summed E-state index contributed by atoms with van der Waals surface area (Å²) in [5, 5.41) is 4.47. The van der Waals surface area contributed by atoms with Crippen molar-refractivity contribution < 1.29 is 4.79 Å². The number of hydrogen-bond donors (Lipinski definition) is 0. The molecule has 0 N–H and O–H groups in total. The Balaban J connectivity index is 1.96. The van der Waals surface area contributed by atoms with Crippen LogP contribution in [0.15, 0.2) is 23.1 Å². The second kappa shape index (κ2) is 5.68. The Hall–Kier alpha value is -2.37. The molecule has 6 nitrogen and oxygen atoms in total. The van der Waals surface area contributed by atoms with Crippen LogP contribution in [0.5, 0.6) is 0 Å². The second-order valence-corrected chi connectivity index (χ2v) is 6.23. The van der Waals surface area contributed by atoms with Gasteiger partial charge in [0.2, 0.25) is 0 Å². The molecule has 1 amide bonds. The Morgan fingerprint density at radius 2 is 2.04 bits per heavy atom. The lowest BCUT2D eigenvalue weighted by molar-refractivity contribution is 0.0734. The fraction of sp³-hybridized carbons (Fsp3) is 0.471. The SMILES string of the molecule is Cc1nn(C)c(C)c1C1CCCN1C(=O)c1ccn(C)c(=O)c1. The maximum atomic E-state index is 12.9. The topological polar surface area (TPSA) is 60.1 Å². The highest BCUT2D eigenvalue weighted by Gasteiger charge is 2.34. The molecular formula is C17H22N4O2. The fourth-order valence-corrected chi connectivity index (χ4v) is 3.43. The van der Waals surface area contributed by atoms with E-state index in [4.69, 9.17) is 0 Å². The van der Waals surface area contributed by atoms with Gasteiger partial charge in [-0.15, -0.1) is 0 Å². The monoisotopic (exact) mass is 314 g/mol. The van der Waals surface area contributed by atoms with Crippen LogP contribution < -0.4 is 5.56 Å². The van der Waals surface area contributed by atoms with Crippen molar-refractivity contribution in [2.24, 2.45) is 14.1 Å². The van der Waals surface area contributed by atoms with Crippen LogP contribution in [-0.2, 0) is 14.1 Å². The number of rotatable bonds is 2. The average molecular weight is 314 g/mol. The minimum atomic E-state index is -0.166. The van der Waals surface area contributed by atoms with Gasteiger partial charge < -0.3 is 9.47 Å². The summed E-state index contributed by atoms with van der Waals surface area (Å²) in [6.07, 6.45) is 3.54. The molecule has 2 aromatic heterocycles. The molecular weight excluding hydrogens is 292 g/mol. The molecule has 2 aromatic rings. The summed E-state index contributed by atoms with van der Waals surface area (Å²) in [6.45, 7) is 4.74. The van der Waals surface area contributed by atoms with Crippen LogP contribution in [0, 0.1) is 13.8 Å². The molecule has 1 fully saturated rings. The fourth-order valence-electron chi connectivity index (χ4n) is 3.43. The number of carbonyl (C=O) groups excluding carboxylic acids is 1. The largest absolute Gasteiger partial charge is 0.331 e. The molecule has 1 aliphatic rings. The first-order valence-electron chi connectivity index (χ1n) is 7.88. The van der Waals surface area contributed by atoms with Gasteiger partial charge in [0.15, 0.2) is 0 Å². The maximum Gasteiger partial charge on any atom is 0.254 e. The van der Waals surface area contributed by atoms with Crippen LogP contribution in [0.2, 0.25) is 0 Å². The predicted molar refractivity (Wildman–Crippen MR) is 87.4 cm³/mol. The summed E-state index contributed by atoms with van der Waals surface area (Å²) in [5.74, 6) is -0.0761. The summed E-state index contributed by atoms with van der Waals surface area (Å²) in [4.78, 5) is 26.6. The van der Waals surface area contributed by atoms with Crippen LogP contribution in [0.25, 0.3) is 0 Å². The van der Waals surface area contributed by atoms with Crippen LogP contribution in [0.1, 0.15) is 46.2 Å². The Kier molecular flexibility index (Phi) is 3.83. The predicted octanol–water partition coefficient (Wildman–Crippen LogP) is 1.71. The van der Waals surface area contributed by atoms with Crippen LogP contribution in [-0.4, -0.2) is 31.7 Å². The number of aromatic nitrogens is 3. The van der Waals surface area contributed by atoms with Crippen LogP contribution >= 0.6 is 0 Å². The molecule has 122 valence electrons. The zero-order chi connectivity index (χ0) is 16.7. The molecule has 0 aromatic carbocycles.